The summed E-state index contributed by atoms with van der Waals surface area (Å²) in [5.41, 5.74) is 1.22. The molecule has 0 N–H and O–H groups in total. The van der Waals surface area contributed by atoms with Crippen molar-refractivity contribution >= 4 is 21.7 Å². The van der Waals surface area contributed by atoms with Gasteiger partial charge in [0.25, 0.3) is 0 Å². The Hall–Kier alpha value is -0.640. The molecule has 2 rings (SSSR count). The number of imidazole rings is 1. The Bertz CT molecular complexity index is 345. The molecule has 0 bridgehead atoms. The van der Waals surface area contributed by atoms with Crippen LogP contribution in [0.2, 0.25) is 0 Å². The molecule has 0 spiro atoms. The number of carbonyl (C=O) groups is 1. The Kier molecular flexibility index (Phi) is 2.24. The minimum absolute atomic E-state index is 0.189. The average Bonchev–Trinajstić information content (AvgIpc) is 2.47. The van der Waals surface area contributed by atoms with Crippen molar-refractivity contribution in [3.63, 3.8) is 0 Å². The molecule has 2 heterocycles. The van der Waals surface area contributed by atoms with Crippen molar-refractivity contribution in [2.24, 2.45) is 5.92 Å². The zero-order valence-corrected chi connectivity index (χ0v) is 9.04. The van der Waals surface area contributed by atoms with Gasteiger partial charge in [0.15, 0.2) is 0 Å². The predicted octanol–water partition coefficient (Wildman–Crippen LogP) is 1.80. The topological polar surface area (TPSA) is 34.9 Å². The average molecular weight is 243 g/mol. The fraction of sp³-hybridized carbons (Fsp3) is 0.556. The number of nitrogens with zero attached hydrogens (tertiary/aromatic N) is 2. The van der Waals surface area contributed by atoms with Gasteiger partial charge in [-0.15, -0.1) is 0 Å². The number of hydrogen-bond acceptors (Lipinski definition) is 2. The number of carbonyl (C=O) groups excluding carboxylic acids is 1. The molecule has 0 radical (unpaired) electrons. The van der Waals surface area contributed by atoms with Crippen molar-refractivity contribution in [1.82, 2.24) is 9.55 Å². The van der Waals surface area contributed by atoms with Crippen molar-refractivity contribution in [3.8, 4) is 0 Å². The van der Waals surface area contributed by atoms with E-state index in [1.54, 1.807) is 13.3 Å². The first kappa shape index (κ1) is 8.94. The van der Waals surface area contributed by atoms with Gasteiger partial charge in [-0.1, -0.05) is 0 Å². The van der Waals surface area contributed by atoms with Crippen LogP contribution in [0, 0.1) is 5.92 Å². The molecule has 70 valence electrons. The molecule has 1 unspecified atom stereocenters. The standard InChI is InChI=1S/C9H11BrN2O/c1-6(13)7-2-3-8-9(10)11-5-12(8)4-7/h5,7H,2-4H2,1H3. The summed E-state index contributed by atoms with van der Waals surface area (Å²) in [6, 6.07) is 0. The van der Waals surface area contributed by atoms with Gasteiger partial charge < -0.3 is 4.57 Å². The van der Waals surface area contributed by atoms with E-state index in [1.807, 2.05) is 0 Å². The zero-order chi connectivity index (χ0) is 9.42. The molecular weight excluding hydrogens is 232 g/mol. The zero-order valence-electron chi connectivity index (χ0n) is 7.46. The smallest absolute Gasteiger partial charge is 0.134 e. The van der Waals surface area contributed by atoms with Gasteiger partial charge >= 0.3 is 0 Å². The lowest BCUT2D eigenvalue weighted by molar-refractivity contribution is -0.121. The van der Waals surface area contributed by atoms with Crippen LogP contribution in [0.1, 0.15) is 19.0 Å². The van der Waals surface area contributed by atoms with Crippen LogP contribution in [0.15, 0.2) is 10.9 Å². The number of halogens is 1. The van der Waals surface area contributed by atoms with Crippen LogP contribution in [0.4, 0.5) is 0 Å². The third-order valence-corrected chi connectivity index (χ3v) is 3.28. The van der Waals surface area contributed by atoms with E-state index in [4.69, 9.17) is 0 Å². The number of aromatic nitrogens is 2. The lowest BCUT2D eigenvalue weighted by Gasteiger charge is -2.21. The molecule has 0 aliphatic carbocycles. The third kappa shape index (κ3) is 1.55. The summed E-state index contributed by atoms with van der Waals surface area (Å²) in [6.45, 7) is 2.46. The second kappa shape index (κ2) is 3.25. The van der Waals surface area contributed by atoms with Crippen LogP contribution in [0.5, 0.6) is 0 Å². The molecule has 0 amide bonds. The highest BCUT2D eigenvalue weighted by Gasteiger charge is 2.23. The Balaban J connectivity index is 2.25. The molecule has 1 aliphatic heterocycles. The van der Waals surface area contributed by atoms with E-state index in [-0.39, 0.29) is 11.7 Å². The second-order valence-corrected chi connectivity index (χ2v) is 4.23. The monoisotopic (exact) mass is 242 g/mol. The molecule has 0 fully saturated rings. The minimum atomic E-state index is 0.189. The Labute approximate surface area is 85.3 Å². The minimum Gasteiger partial charge on any atom is -0.333 e. The maximum Gasteiger partial charge on any atom is 0.134 e. The summed E-state index contributed by atoms with van der Waals surface area (Å²) in [4.78, 5) is 15.3. The molecule has 0 saturated heterocycles. The van der Waals surface area contributed by atoms with Gasteiger partial charge in [-0.25, -0.2) is 4.98 Å². The Morgan fingerprint density at radius 3 is 3.23 bits per heavy atom. The highest BCUT2D eigenvalue weighted by molar-refractivity contribution is 9.10. The quantitative estimate of drug-likeness (QED) is 0.753. The normalized spacial score (nSPS) is 21.2. The van der Waals surface area contributed by atoms with Crippen LogP contribution in [-0.2, 0) is 17.8 Å². The van der Waals surface area contributed by atoms with Crippen molar-refractivity contribution in [2.45, 2.75) is 26.3 Å². The van der Waals surface area contributed by atoms with E-state index in [1.165, 1.54) is 5.69 Å². The van der Waals surface area contributed by atoms with Crippen LogP contribution < -0.4 is 0 Å². The second-order valence-electron chi connectivity index (χ2n) is 3.48. The summed E-state index contributed by atoms with van der Waals surface area (Å²) in [6.07, 6.45) is 3.71. The first-order valence-corrected chi connectivity index (χ1v) is 5.17. The lowest BCUT2D eigenvalue weighted by atomic mass is 9.95. The van der Waals surface area contributed by atoms with Crippen LogP contribution in [0.25, 0.3) is 0 Å². The fourth-order valence-corrected chi connectivity index (χ4v) is 2.28. The van der Waals surface area contributed by atoms with Crippen LogP contribution >= 0.6 is 15.9 Å². The van der Waals surface area contributed by atoms with Crippen molar-refractivity contribution in [2.75, 3.05) is 0 Å². The highest BCUT2D eigenvalue weighted by Crippen LogP contribution is 2.25. The number of Topliss-reactive ketones (excluding diaryl/α,β-unsaturated/α-hetero) is 1. The summed E-state index contributed by atoms with van der Waals surface area (Å²) in [5.74, 6) is 0.476. The Morgan fingerprint density at radius 2 is 2.54 bits per heavy atom. The van der Waals surface area contributed by atoms with Gasteiger partial charge in [0.1, 0.15) is 10.4 Å². The molecule has 1 aromatic rings. The summed E-state index contributed by atoms with van der Waals surface area (Å²) in [5, 5.41) is 0. The van der Waals surface area contributed by atoms with Gasteiger partial charge in [-0.3, -0.25) is 4.79 Å². The van der Waals surface area contributed by atoms with Gasteiger partial charge in [0.2, 0.25) is 0 Å². The molecule has 13 heavy (non-hydrogen) atoms. The molecular formula is C9H11BrN2O. The summed E-state index contributed by atoms with van der Waals surface area (Å²) in [7, 11) is 0. The van der Waals surface area contributed by atoms with Gasteiger partial charge in [0, 0.05) is 12.5 Å². The van der Waals surface area contributed by atoms with Crippen molar-refractivity contribution < 1.29 is 4.79 Å². The Morgan fingerprint density at radius 1 is 1.77 bits per heavy atom. The lowest BCUT2D eigenvalue weighted by Crippen LogP contribution is -2.24. The number of fused-ring (bicyclic) bond motifs is 1. The predicted molar refractivity (Wildman–Crippen MR) is 52.4 cm³/mol. The van der Waals surface area contributed by atoms with Gasteiger partial charge in [-0.2, -0.15) is 0 Å². The molecule has 0 aromatic carbocycles. The summed E-state index contributed by atoms with van der Waals surface area (Å²) < 4.78 is 2.99. The van der Waals surface area contributed by atoms with E-state index in [9.17, 15) is 4.79 Å². The fourth-order valence-electron chi connectivity index (χ4n) is 1.76. The molecule has 1 atom stereocenters. The van der Waals surface area contributed by atoms with Crippen molar-refractivity contribution in [1.29, 1.82) is 0 Å². The maximum absolute atomic E-state index is 11.2. The van der Waals surface area contributed by atoms with E-state index >= 15 is 0 Å². The van der Waals surface area contributed by atoms with Gasteiger partial charge in [0.05, 0.1) is 12.0 Å². The molecule has 4 heteroatoms. The SMILES string of the molecule is CC(=O)C1CCc2c(Br)ncn2C1. The van der Waals surface area contributed by atoms with E-state index < -0.39 is 0 Å². The molecule has 1 aliphatic rings. The molecule has 0 saturated carbocycles. The number of rotatable bonds is 1. The van der Waals surface area contributed by atoms with Crippen LogP contribution in [0.3, 0.4) is 0 Å². The summed E-state index contributed by atoms with van der Waals surface area (Å²) >= 11 is 3.39. The number of hydrogen-bond donors (Lipinski definition) is 0. The van der Waals surface area contributed by atoms with Gasteiger partial charge in [-0.05, 0) is 35.7 Å². The van der Waals surface area contributed by atoms with Crippen LogP contribution in [-0.4, -0.2) is 15.3 Å². The van der Waals surface area contributed by atoms with Crippen molar-refractivity contribution in [3.05, 3.63) is 16.6 Å². The number of ketones is 1. The first-order chi connectivity index (χ1) is 6.18. The maximum atomic E-state index is 11.2. The first-order valence-electron chi connectivity index (χ1n) is 4.38. The third-order valence-electron chi connectivity index (χ3n) is 2.62. The van der Waals surface area contributed by atoms with E-state index in [0.29, 0.717) is 0 Å². The van der Waals surface area contributed by atoms with E-state index in [0.717, 1.165) is 24.0 Å². The molecule has 3 nitrogen and oxygen atoms in total. The highest BCUT2D eigenvalue weighted by atomic mass is 79.9. The largest absolute Gasteiger partial charge is 0.333 e. The van der Waals surface area contributed by atoms with E-state index in [2.05, 4.69) is 25.5 Å². The molecule has 1 aromatic heterocycles.